The van der Waals surface area contributed by atoms with Crippen molar-refractivity contribution in [2.24, 2.45) is 0 Å². The number of ketones is 1. The van der Waals surface area contributed by atoms with Gasteiger partial charge in [0.15, 0.2) is 0 Å². The molecule has 8 nitrogen and oxygen atoms in total. The maximum Gasteiger partial charge on any atom is 1.00 e. The summed E-state index contributed by atoms with van der Waals surface area (Å²) in [4.78, 5) is 38.7. The largest absolute Gasteiger partial charge is 1.00 e. The number of rotatable bonds is 102. The second-order valence-electron chi connectivity index (χ2n) is 39.7. The van der Waals surface area contributed by atoms with Crippen LogP contribution in [-0.4, -0.2) is 99.6 Å². The third-order valence-electron chi connectivity index (χ3n) is 25.5. The molecule has 134 heavy (non-hydrogen) atoms. The second-order valence-corrected chi connectivity index (χ2v) is 39.7. The molecule has 0 saturated heterocycles. The van der Waals surface area contributed by atoms with E-state index in [9.17, 15) is 19.5 Å². The molecule has 2 unspecified atom stereocenters. The summed E-state index contributed by atoms with van der Waals surface area (Å²) in [5.74, 6) is -0.196. The van der Waals surface area contributed by atoms with Crippen LogP contribution in [0.1, 0.15) is 615 Å². The number of allylic oxidation sites excluding steroid dienone is 18. The van der Waals surface area contributed by atoms with Crippen LogP contribution in [0.2, 0.25) is 0 Å². The molecule has 783 valence electrons. The van der Waals surface area contributed by atoms with Crippen LogP contribution in [-0.2, 0) is 19.1 Å². The summed E-state index contributed by atoms with van der Waals surface area (Å²) in [5.41, 5.74) is 0. The summed E-state index contributed by atoms with van der Waals surface area (Å²) in [7, 11) is 7.99. The first-order valence-electron chi connectivity index (χ1n) is 58.1. The van der Waals surface area contributed by atoms with Gasteiger partial charge in [0.25, 0.3) is 0 Å². The molecule has 0 rings (SSSR count). The van der Waals surface area contributed by atoms with Gasteiger partial charge in [-0.2, -0.15) is 0 Å². The number of Topliss-reactive ketones (excluding diaryl/α,β-unsaturated/α-hetero) is 1. The molecule has 0 aromatic carbocycles. The molecule has 0 spiro atoms. The molecule has 10 heteroatoms. The van der Waals surface area contributed by atoms with Crippen LogP contribution in [0.15, 0.2) is 109 Å². The van der Waals surface area contributed by atoms with E-state index in [1.54, 1.807) is 0 Å². The van der Waals surface area contributed by atoms with E-state index in [2.05, 4.69) is 170 Å². The van der Waals surface area contributed by atoms with Crippen molar-refractivity contribution in [2.45, 2.75) is 626 Å². The third-order valence-corrected chi connectivity index (χ3v) is 25.5. The summed E-state index contributed by atoms with van der Waals surface area (Å²) in [6.45, 7) is 15.4. The normalized spacial score (nSPS) is 12.2. The summed E-state index contributed by atoms with van der Waals surface area (Å²) in [6.07, 6.45) is 153. The topological polar surface area (TPSA) is 107 Å². The number of carboxylic acid groups (broad SMARTS) is 1. The van der Waals surface area contributed by atoms with Crippen LogP contribution < -0.4 is 29.6 Å². The Morgan fingerprint density at radius 3 is 0.649 bits per heavy atom. The van der Waals surface area contributed by atoms with Crippen LogP contribution in [0, 0.1) is 0 Å². The van der Waals surface area contributed by atoms with Gasteiger partial charge in [-0.25, -0.2) is 0 Å². The third kappa shape index (κ3) is 145. The smallest absolute Gasteiger partial charge is 1.00 e. The molecule has 3 radical (unpaired) electrons. The minimum atomic E-state index is -0.711. The van der Waals surface area contributed by atoms with Crippen LogP contribution in [0.4, 0.5) is 0 Å². The van der Waals surface area contributed by atoms with Gasteiger partial charge in [-0.05, 0) is 279 Å². The minimum absolute atomic E-state index is 0. The Balaban J connectivity index is -0.000000282. The van der Waals surface area contributed by atoms with Crippen molar-refractivity contribution >= 4 is 26.1 Å². The molecule has 0 aromatic rings. The van der Waals surface area contributed by atoms with E-state index in [0.717, 1.165) is 96.6 Å². The van der Waals surface area contributed by atoms with Gasteiger partial charge in [0.05, 0.1) is 6.10 Å². The average Bonchev–Trinajstić information content (AvgIpc) is 0.953. The van der Waals surface area contributed by atoms with Gasteiger partial charge in [-0.1, -0.05) is 460 Å². The minimum Gasteiger partial charge on any atom is -1.00 e. The number of ether oxygens (including phenoxy) is 1. The van der Waals surface area contributed by atoms with Gasteiger partial charge in [0, 0.05) is 34.1 Å². The van der Waals surface area contributed by atoms with Crippen molar-refractivity contribution < 1.29 is 60.3 Å². The number of aliphatic carboxylic acids is 1. The molecule has 0 aromatic heterocycles. The molecular weight excluding hydrogens is 1650 g/mol. The fourth-order valence-electron chi connectivity index (χ4n) is 16.7. The van der Waals surface area contributed by atoms with Gasteiger partial charge in [0.2, 0.25) is 0 Å². The zero-order valence-corrected chi connectivity index (χ0v) is 93.7. The van der Waals surface area contributed by atoms with Crippen LogP contribution in [0.5, 0.6) is 0 Å². The molecule has 0 heterocycles. The van der Waals surface area contributed by atoms with Gasteiger partial charge in [-0.3, -0.25) is 14.4 Å². The van der Waals surface area contributed by atoms with Gasteiger partial charge in [0.1, 0.15) is 11.9 Å². The Bertz CT molecular complexity index is 2470. The predicted octanol–water partition coefficient (Wildman–Crippen LogP) is 37.8. The summed E-state index contributed by atoms with van der Waals surface area (Å²) in [6, 6.07) is 0. The molecule has 0 fully saturated rings. The maximum atomic E-state index is 12.5. The molecule has 2 N–H and O–H groups in total. The van der Waals surface area contributed by atoms with E-state index in [0.29, 0.717) is 12.2 Å². The summed E-state index contributed by atoms with van der Waals surface area (Å²) in [5, 5.41) is 18.5. The summed E-state index contributed by atoms with van der Waals surface area (Å²) >= 11 is 0. The van der Waals surface area contributed by atoms with E-state index in [-0.39, 0.29) is 71.4 Å². The van der Waals surface area contributed by atoms with Crippen molar-refractivity contribution in [3.8, 4) is 0 Å². The van der Waals surface area contributed by atoms with Crippen molar-refractivity contribution in [1.82, 2.24) is 9.80 Å². The first kappa shape index (κ1) is 144. The predicted molar refractivity (Wildman–Crippen MR) is 602 cm³/mol. The summed E-state index contributed by atoms with van der Waals surface area (Å²) < 4.78 is 6.00. The number of esters is 1. The number of unbranched alkanes of at least 4 members (excludes halogenated alkanes) is 63. The fourth-order valence-corrected chi connectivity index (χ4v) is 16.7. The molecule has 0 aliphatic heterocycles. The van der Waals surface area contributed by atoms with Crippen molar-refractivity contribution in [3.63, 3.8) is 0 Å². The van der Waals surface area contributed by atoms with Crippen molar-refractivity contribution in [3.05, 3.63) is 109 Å². The number of nitrogens with zero attached hydrogens (tertiary/aromatic N) is 2. The van der Waals surface area contributed by atoms with Crippen molar-refractivity contribution in [1.29, 1.82) is 0 Å². The van der Waals surface area contributed by atoms with Crippen LogP contribution >= 0.6 is 0 Å². The second kappa shape index (κ2) is 134. The number of carbonyl (C=O) groups is 3. The molecule has 0 aliphatic carbocycles. The monoisotopic (exact) mass is 1880 g/mol. The first-order chi connectivity index (χ1) is 64.3. The number of aliphatic hydroxyl groups excluding tert-OH is 1. The molecular formula is C124H237BN2NaO6. The Labute approximate surface area is 866 Å². The average molecular weight is 1890 g/mol. The quantitative estimate of drug-likeness (QED) is 0.0268. The molecule has 0 saturated carbocycles. The van der Waals surface area contributed by atoms with Gasteiger partial charge >= 0.3 is 41.5 Å². The number of aliphatic hydroxyl groups is 1. The van der Waals surface area contributed by atoms with Crippen molar-refractivity contribution in [2.75, 3.05) is 41.3 Å². The van der Waals surface area contributed by atoms with Crippen LogP contribution in [0.25, 0.3) is 0 Å². The fraction of sp³-hybridized carbons (Fsp3) is 0.831. The molecule has 2 atom stereocenters. The van der Waals surface area contributed by atoms with E-state index in [4.69, 9.17) is 9.84 Å². The molecule has 0 bridgehead atoms. The Hall–Kier alpha value is -2.79. The Morgan fingerprint density at radius 1 is 0.246 bits per heavy atom. The number of hydrogen-bond acceptors (Lipinski definition) is 7. The standard InChI is InChI=1S/C43H81NO2.C37H70O.C37H68O.C6H13NO2.CH4.B.Na.H/c1-5-7-9-11-13-15-17-19-21-23-25-27-29-31-33-35-38-42(46-43(45)40-37-41-44(3)4)39-36-34-32-30-28-26-24-22-20-18-16-14-12-10-8-6-2;2*1-3-5-7-9-11-13-15-17-19-21-23-25-27-29-31-33-35-37(38)36-34-32-30-28-26-24-22-20-18-16-14-12-10-8-6-4-2;1-7(2)5-3-4-6(8)9;;;;/h13,15,19-22,42H,5-12,14,16-18,23-41H2,1-4H3;11,13,17-20,37-38H,3-10,12,14-16,21-36H2,1-2H3;11,13,17-20H,3-10,12,14-16,21-36H2,1-2H3;3-5H2,1-2H3,(H,8,9);1H4;;;/q;;;;;;+1;-1/b15-13-,21-19-,22-20-;2*13-11-,19-17-,20-18-;;;;;. The Morgan fingerprint density at radius 2 is 0.425 bits per heavy atom. The Kier molecular flexibility index (Phi) is 145. The van der Waals surface area contributed by atoms with Gasteiger partial charge in [-0.15, -0.1) is 0 Å². The van der Waals surface area contributed by atoms with E-state index < -0.39 is 5.97 Å². The van der Waals surface area contributed by atoms with Gasteiger partial charge < -0.3 is 26.2 Å². The van der Waals surface area contributed by atoms with E-state index in [1.807, 2.05) is 19.0 Å². The zero-order chi connectivity index (χ0) is 96.1. The zero-order valence-electron chi connectivity index (χ0n) is 92.7. The van der Waals surface area contributed by atoms with E-state index in [1.165, 1.54) is 469 Å². The molecule has 0 aliphatic rings. The van der Waals surface area contributed by atoms with E-state index >= 15 is 0 Å². The maximum absolute atomic E-state index is 12.5. The first-order valence-corrected chi connectivity index (χ1v) is 58.1. The molecule has 0 amide bonds. The SMILES string of the molecule is C.CCCCC/C=C\C/C=C\CCCCCCCCC(=O)CCCCCCCC/C=C\CCCCCCCC.CCCCC/C=C\C/C=C\CCCCCCCCC(CCCCCCCC/C=C\CCCCCCCC)OC(=O)CCCN(C)C.CCCCC/C=C\C/C=C\CCCCCCCCC(O)CCCCCCCC/C=C\CCCCCCCC.CN(C)CCCC(=O)O.[B].[H-].[Na+]. The number of hydrogen-bond donors (Lipinski definition) is 2. The van der Waals surface area contributed by atoms with Crippen LogP contribution in [0.3, 0.4) is 0 Å². The number of carboxylic acids is 1. The number of carbonyl (C=O) groups excluding carboxylic acids is 2.